The second-order valence-corrected chi connectivity index (χ2v) is 4.15. The van der Waals surface area contributed by atoms with Crippen molar-refractivity contribution in [1.82, 2.24) is 14.8 Å². The van der Waals surface area contributed by atoms with Gasteiger partial charge < -0.3 is 9.80 Å². The fraction of sp³-hybridized carbons (Fsp3) is 0.417. The molecule has 2 heterocycles. The fourth-order valence-corrected chi connectivity index (χ4v) is 1.76. The maximum Gasteiger partial charge on any atom is 0.254 e. The molecule has 0 N–H and O–H groups in total. The third kappa shape index (κ3) is 2.27. The zero-order valence-electron chi connectivity index (χ0n) is 9.88. The van der Waals surface area contributed by atoms with Crippen LogP contribution < -0.4 is 0 Å². The lowest BCUT2D eigenvalue weighted by Gasteiger charge is -2.43. The van der Waals surface area contributed by atoms with Crippen molar-refractivity contribution in [1.29, 1.82) is 0 Å². The zero-order valence-corrected chi connectivity index (χ0v) is 9.88. The van der Waals surface area contributed by atoms with Crippen LogP contribution in [0.3, 0.4) is 0 Å². The monoisotopic (exact) mass is 232 g/mol. The highest BCUT2D eigenvalue weighted by molar-refractivity contribution is 5.94. The van der Waals surface area contributed by atoms with Gasteiger partial charge in [-0.2, -0.15) is 0 Å². The molecule has 1 aromatic heterocycles. The Balaban J connectivity index is 1.96. The van der Waals surface area contributed by atoms with Crippen LogP contribution >= 0.6 is 0 Å². The van der Waals surface area contributed by atoms with E-state index in [4.69, 9.17) is 0 Å². The molecule has 0 bridgehead atoms. The summed E-state index contributed by atoms with van der Waals surface area (Å²) >= 11 is 0. The van der Waals surface area contributed by atoms with Crippen LogP contribution in [0.2, 0.25) is 0 Å². The number of rotatable bonds is 2. The van der Waals surface area contributed by atoms with Crippen LogP contribution in [0.25, 0.3) is 0 Å². The minimum atomic E-state index is -0.0828. The van der Waals surface area contributed by atoms with E-state index in [-0.39, 0.29) is 17.9 Å². The predicted molar refractivity (Wildman–Crippen MR) is 61.2 cm³/mol. The number of hydrogen-bond acceptors (Lipinski definition) is 3. The smallest absolute Gasteiger partial charge is 0.254 e. The van der Waals surface area contributed by atoms with Gasteiger partial charge in [-0.05, 0) is 6.07 Å². The topological polar surface area (TPSA) is 53.5 Å². The number of likely N-dealkylation sites (N-methyl/N-ethyl adjacent to an activating group) is 1. The molecule has 0 unspecified atom stereocenters. The van der Waals surface area contributed by atoms with Gasteiger partial charge in [-0.25, -0.2) is 0 Å². The highest BCUT2D eigenvalue weighted by atomic mass is 16.2. The van der Waals surface area contributed by atoms with Crippen LogP contribution in [0.15, 0.2) is 18.5 Å². The van der Waals surface area contributed by atoms with E-state index in [1.165, 1.54) is 13.1 Å². The Labute approximate surface area is 100 Å². The average Bonchev–Trinajstić information content (AvgIpc) is 2.26. The maximum atomic E-state index is 12.0. The molecule has 0 saturated carbocycles. The summed E-state index contributed by atoms with van der Waals surface area (Å²) in [5, 5.41) is 0. The second kappa shape index (κ2) is 4.53. The molecular formula is C12H14N3O2. The number of pyridine rings is 1. The molecule has 0 aromatic carbocycles. The molecular weight excluding hydrogens is 218 g/mol. The van der Waals surface area contributed by atoms with Crippen LogP contribution in [0.5, 0.6) is 0 Å². The first-order valence-corrected chi connectivity index (χ1v) is 5.44. The van der Waals surface area contributed by atoms with Crippen molar-refractivity contribution in [3.63, 3.8) is 0 Å². The first kappa shape index (κ1) is 11.6. The molecule has 1 radical (unpaired) electrons. The molecule has 89 valence electrons. The van der Waals surface area contributed by atoms with Gasteiger partial charge in [-0.3, -0.25) is 14.6 Å². The normalized spacial score (nSPS) is 15.3. The van der Waals surface area contributed by atoms with Gasteiger partial charge in [0.15, 0.2) is 0 Å². The summed E-state index contributed by atoms with van der Waals surface area (Å²) in [5.74, 6) is -0.0295. The second-order valence-electron chi connectivity index (χ2n) is 4.15. The van der Waals surface area contributed by atoms with Gasteiger partial charge in [0.25, 0.3) is 5.91 Å². The molecule has 0 spiro atoms. The van der Waals surface area contributed by atoms with Crippen LogP contribution in [0, 0.1) is 6.07 Å². The highest BCUT2D eigenvalue weighted by Gasteiger charge is 2.33. The molecule has 0 atom stereocenters. The Bertz CT molecular complexity index is 427. The number of carbonyl (C=O) groups is 2. The molecule has 1 saturated heterocycles. The largest absolute Gasteiger partial charge is 0.339 e. The third-order valence-electron chi connectivity index (χ3n) is 3.03. The first-order valence-electron chi connectivity index (χ1n) is 5.44. The first-order chi connectivity index (χ1) is 8.09. The lowest BCUT2D eigenvalue weighted by atomic mass is 10.1. The standard InChI is InChI=1S/C12H14N3O2/c1-9(16)15-7-11(8-15)14(2)12(17)10-3-5-13-6-4-10/h3,5-6,11H,7-8H2,1-2H3. The van der Waals surface area contributed by atoms with E-state index in [0.29, 0.717) is 18.7 Å². The van der Waals surface area contributed by atoms with E-state index in [1.807, 2.05) is 0 Å². The van der Waals surface area contributed by atoms with Gasteiger partial charge in [0, 0.05) is 45.5 Å². The molecule has 2 rings (SSSR count). The Hall–Kier alpha value is -1.91. The van der Waals surface area contributed by atoms with Crippen molar-refractivity contribution >= 4 is 11.8 Å². The van der Waals surface area contributed by atoms with Crippen molar-refractivity contribution in [3.05, 3.63) is 30.1 Å². The van der Waals surface area contributed by atoms with Crippen molar-refractivity contribution in [2.45, 2.75) is 13.0 Å². The van der Waals surface area contributed by atoms with Crippen molar-refractivity contribution in [2.24, 2.45) is 0 Å². The van der Waals surface area contributed by atoms with E-state index in [0.717, 1.165) is 0 Å². The van der Waals surface area contributed by atoms with Gasteiger partial charge in [-0.15, -0.1) is 0 Å². The average molecular weight is 232 g/mol. The number of nitrogens with zero attached hydrogens (tertiary/aromatic N) is 3. The molecule has 5 nitrogen and oxygen atoms in total. The van der Waals surface area contributed by atoms with Crippen LogP contribution in [-0.2, 0) is 4.79 Å². The number of hydrogen-bond donors (Lipinski definition) is 0. The summed E-state index contributed by atoms with van der Waals surface area (Å²) in [5.41, 5.74) is 0.503. The van der Waals surface area contributed by atoms with Crippen molar-refractivity contribution < 1.29 is 9.59 Å². The Morgan fingerprint density at radius 3 is 2.76 bits per heavy atom. The van der Waals surface area contributed by atoms with Crippen LogP contribution in [0.1, 0.15) is 17.3 Å². The highest BCUT2D eigenvalue weighted by Crippen LogP contribution is 2.15. The summed E-state index contributed by atoms with van der Waals surface area (Å²) in [7, 11) is 1.75. The summed E-state index contributed by atoms with van der Waals surface area (Å²) in [4.78, 5) is 30.3. The van der Waals surface area contributed by atoms with Crippen LogP contribution in [0.4, 0.5) is 0 Å². The quantitative estimate of drug-likeness (QED) is 0.731. The molecule has 1 fully saturated rings. The van der Waals surface area contributed by atoms with E-state index in [2.05, 4.69) is 11.1 Å². The van der Waals surface area contributed by atoms with Gasteiger partial charge >= 0.3 is 0 Å². The van der Waals surface area contributed by atoms with E-state index in [9.17, 15) is 9.59 Å². The minimum Gasteiger partial charge on any atom is -0.339 e. The molecule has 0 aliphatic carbocycles. The molecule has 1 aliphatic heterocycles. The number of aromatic nitrogens is 1. The zero-order chi connectivity index (χ0) is 12.4. The van der Waals surface area contributed by atoms with Gasteiger partial charge in [0.1, 0.15) is 0 Å². The molecule has 5 heteroatoms. The van der Waals surface area contributed by atoms with Crippen molar-refractivity contribution in [2.75, 3.05) is 20.1 Å². The predicted octanol–water partition coefficient (Wildman–Crippen LogP) is 0.184. The fourth-order valence-electron chi connectivity index (χ4n) is 1.76. The number of amides is 2. The Morgan fingerprint density at radius 1 is 1.53 bits per heavy atom. The number of carbonyl (C=O) groups excluding carboxylic acids is 2. The SMILES string of the molecule is CC(=O)N1CC(N(C)C(=O)c2[c]cncc2)C1. The lowest BCUT2D eigenvalue weighted by Crippen LogP contribution is -2.60. The minimum absolute atomic E-state index is 0.0533. The van der Waals surface area contributed by atoms with Crippen molar-refractivity contribution in [3.8, 4) is 0 Å². The third-order valence-corrected chi connectivity index (χ3v) is 3.03. The maximum absolute atomic E-state index is 12.0. The number of likely N-dealkylation sites (tertiary alicyclic amines) is 1. The van der Waals surface area contributed by atoms with Gasteiger partial charge in [-0.1, -0.05) is 0 Å². The molecule has 2 amide bonds. The van der Waals surface area contributed by atoms with Crippen LogP contribution in [-0.4, -0.2) is 52.8 Å². The molecule has 17 heavy (non-hydrogen) atoms. The summed E-state index contributed by atoms with van der Waals surface area (Å²) in [6.07, 6.45) is 3.05. The van der Waals surface area contributed by atoms with E-state index < -0.39 is 0 Å². The van der Waals surface area contributed by atoms with E-state index >= 15 is 0 Å². The summed E-state index contributed by atoms with van der Waals surface area (Å²) in [6.45, 7) is 2.76. The lowest BCUT2D eigenvalue weighted by molar-refractivity contribution is -0.135. The van der Waals surface area contributed by atoms with E-state index in [1.54, 1.807) is 29.1 Å². The molecule has 1 aromatic rings. The van der Waals surface area contributed by atoms with Gasteiger partial charge in [0.2, 0.25) is 5.91 Å². The Morgan fingerprint density at radius 2 is 2.24 bits per heavy atom. The summed E-state index contributed by atoms with van der Waals surface area (Å²) in [6, 6.07) is 4.55. The molecule has 1 aliphatic rings. The summed E-state index contributed by atoms with van der Waals surface area (Å²) < 4.78 is 0. The van der Waals surface area contributed by atoms with Gasteiger partial charge in [0.05, 0.1) is 11.6 Å². The Kier molecular flexibility index (Phi) is 3.08.